The largest absolute Gasteiger partial charge is 0.321 e. The number of hydrogen-bond acceptors (Lipinski definition) is 3. The zero-order valence-corrected chi connectivity index (χ0v) is 16.2. The van der Waals surface area contributed by atoms with Crippen LogP contribution < -0.4 is 4.90 Å². The fraction of sp³-hybridized carbons (Fsp3) is 0.350. The third kappa shape index (κ3) is 4.68. The molecule has 0 bridgehead atoms. The van der Waals surface area contributed by atoms with Crippen LogP contribution in [0.1, 0.15) is 37.7 Å². The molecule has 1 N–H and O–H groups in total. The molecule has 136 valence electrons. The van der Waals surface area contributed by atoms with Gasteiger partial charge < -0.3 is 4.90 Å². The van der Waals surface area contributed by atoms with Gasteiger partial charge in [-0.1, -0.05) is 60.1 Å². The average molecular weight is 371 g/mol. The molecule has 26 heavy (non-hydrogen) atoms. The number of nitrogens with zero attached hydrogens (tertiary/aromatic N) is 4. The van der Waals surface area contributed by atoms with Gasteiger partial charge in [0.15, 0.2) is 0 Å². The van der Waals surface area contributed by atoms with Gasteiger partial charge in [0, 0.05) is 16.1 Å². The van der Waals surface area contributed by atoms with Crippen molar-refractivity contribution in [1.29, 1.82) is 0 Å². The summed E-state index contributed by atoms with van der Waals surface area (Å²) in [7, 11) is 0. The van der Waals surface area contributed by atoms with Crippen molar-refractivity contribution in [3.05, 3.63) is 76.6 Å². The standard InChI is InChI=1S/C20H24ClN5/c1-20(2,3)26-19(22-23-24-26)15-25(13-16-9-5-4-6-10-16)14-17-11-7-8-12-18(17)21/h4-12H,13-15H2,1-3H3/p+1. The quantitative estimate of drug-likeness (QED) is 0.725. The molecule has 1 atom stereocenters. The van der Waals surface area contributed by atoms with E-state index in [-0.39, 0.29) is 5.54 Å². The summed E-state index contributed by atoms with van der Waals surface area (Å²) in [6.07, 6.45) is 0. The van der Waals surface area contributed by atoms with Crippen LogP contribution in [0.3, 0.4) is 0 Å². The smallest absolute Gasteiger partial charge is 0.206 e. The molecule has 2 aromatic carbocycles. The van der Waals surface area contributed by atoms with E-state index in [9.17, 15) is 0 Å². The van der Waals surface area contributed by atoms with E-state index in [1.807, 2.05) is 28.9 Å². The maximum atomic E-state index is 6.40. The molecular weight excluding hydrogens is 346 g/mol. The summed E-state index contributed by atoms with van der Waals surface area (Å²) in [4.78, 5) is 1.34. The first-order chi connectivity index (χ1) is 12.4. The molecule has 3 rings (SSSR count). The average Bonchev–Trinajstić information content (AvgIpc) is 3.06. The molecule has 1 heterocycles. The lowest BCUT2D eigenvalue weighted by molar-refractivity contribution is -0.941. The SMILES string of the molecule is CC(C)(C)n1nnnc1C[NH+](Cc1ccccc1)Cc1ccccc1Cl. The highest BCUT2D eigenvalue weighted by Crippen LogP contribution is 2.15. The van der Waals surface area contributed by atoms with Gasteiger partial charge in [-0.05, 0) is 37.3 Å². The fourth-order valence-electron chi connectivity index (χ4n) is 3.04. The number of aromatic nitrogens is 4. The number of halogens is 1. The lowest BCUT2D eigenvalue weighted by Crippen LogP contribution is -3.08. The van der Waals surface area contributed by atoms with Gasteiger partial charge in [0.1, 0.15) is 19.6 Å². The fourth-order valence-corrected chi connectivity index (χ4v) is 3.25. The van der Waals surface area contributed by atoms with Crippen molar-refractivity contribution in [3.63, 3.8) is 0 Å². The lowest BCUT2D eigenvalue weighted by atomic mass is 10.1. The molecule has 0 aliphatic heterocycles. The Morgan fingerprint density at radius 3 is 2.31 bits per heavy atom. The third-order valence-electron chi connectivity index (χ3n) is 4.27. The topological polar surface area (TPSA) is 48.0 Å². The molecule has 1 aromatic heterocycles. The van der Waals surface area contributed by atoms with E-state index in [0.717, 1.165) is 36.0 Å². The van der Waals surface area contributed by atoms with Gasteiger partial charge >= 0.3 is 0 Å². The lowest BCUT2D eigenvalue weighted by Gasteiger charge is -2.23. The van der Waals surface area contributed by atoms with Gasteiger partial charge in [0.05, 0.1) is 5.54 Å². The Labute approximate surface area is 159 Å². The van der Waals surface area contributed by atoms with Gasteiger partial charge in [-0.25, -0.2) is 4.68 Å². The molecule has 0 aliphatic carbocycles. The summed E-state index contributed by atoms with van der Waals surface area (Å²) in [5, 5.41) is 13.2. The zero-order valence-electron chi connectivity index (χ0n) is 15.5. The summed E-state index contributed by atoms with van der Waals surface area (Å²) in [5.74, 6) is 0.885. The van der Waals surface area contributed by atoms with Crippen LogP contribution in [0, 0.1) is 0 Å². The number of hydrogen-bond donors (Lipinski definition) is 1. The number of rotatable bonds is 6. The van der Waals surface area contributed by atoms with Crippen LogP contribution in [0.5, 0.6) is 0 Å². The Hall–Kier alpha value is -2.24. The first kappa shape index (κ1) is 18.5. The molecule has 6 heteroatoms. The van der Waals surface area contributed by atoms with Crippen LogP contribution in [0.15, 0.2) is 54.6 Å². The number of tetrazole rings is 1. The molecule has 0 aliphatic rings. The summed E-state index contributed by atoms with van der Waals surface area (Å²) >= 11 is 6.40. The van der Waals surface area contributed by atoms with Gasteiger partial charge in [-0.2, -0.15) is 0 Å². The molecule has 0 saturated carbocycles. The van der Waals surface area contributed by atoms with Crippen molar-refractivity contribution in [1.82, 2.24) is 20.2 Å². The van der Waals surface area contributed by atoms with E-state index in [2.05, 4.69) is 66.6 Å². The second kappa shape index (κ2) is 7.98. The molecule has 0 radical (unpaired) electrons. The predicted molar refractivity (Wildman–Crippen MR) is 103 cm³/mol. The summed E-state index contributed by atoms with van der Waals surface area (Å²) < 4.78 is 1.91. The van der Waals surface area contributed by atoms with Gasteiger partial charge in [0.25, 0.3) is 0 Å². The van der Waals surface area contributed by atoms with E-state index in [4.69, 9.17) is 11.6 Å². The third-order valence-corrected chi connectivity index (χ3v) is 4.64. The molecule has 0 fully saturated rings. The highest BCUT2D eigenvalue weighted by atomic mass is 35.5. The Morgan fingerprint density at radius 1 is 0.923 bits per heavy atom. The van der Waals surface area contributed by atoms with Crippen LogP contribution in [0.2, 0.25) is 5.02 Å². The van der Waals surface area contributed by atoms with E-state index in [1.165, 1.54) is 10.5 Å². The molecule has 5 nitrogen and oxygen atoms in total. The highest BCUT2D eigenvalue weighted by Gasteiger charge is 2.23. The maximum Gasteiger partial charge on any atom is 0.206 e. The maximum absolute atomic E-state index is 6.40. The Morgan fingerprint density at radius 2 is 1.62 bits per heavy atom. The van der Waals surface area contributed by atoms with Crippen LogP contribution in [0.4, 0.5) is 0 Å². The Kier molecular flexibility index (Phi) is 5.69. The molecule has 1 unspecified atom stereocenters. The monoisotopic (exact) mass is 370 g/mol. The number of nitrogens with one attached hydrogen (secondary N) is 1. The van der Waals surface area contributed by atoms with Gasteiger partial charge in [0.2, 0.25) is 5.82 Å². The summed E-state index contributed by atoms with van der Waals surface area (Å²) in [6, 6.07) is 18.5. The van der Waals surface area contributed by atoms with Crippen molar-refractivity contribution in [2.75, 3.05) is 0 Å². The van der Waals surface area contributed by atoms with Gasteiger partial charge in [-0.3, -0.25) is 0 Å². The van der Waals surface area contributed by atoms with Crippen LogP contribution >= 0.6 is 11.6 Å². The van der Waals surface area contributed by atoms with E-state index in [0.29, 0.717) is 0 Å². The zero-order chi connectivity index (χ0) is 18.6. The number of benzene rings is 2. The van der Waals surface area contributed by atoms with Crippen LogP contribution in [-0.4, -0.2) is 20.2 Å². The first-order valence-electron chi connectivity index (χ1n) is 8.82. The van der Waals surface area contributed by atoms with Crippen molar-refractivity contribution in [3.8, 4) is 0 Å². The Bertz CT molecular complexity index is 839. The predicted octanol–water partition coefficient (Wildman–Crippen LogP) is 2.87. The van der Waals surface area contributed by atoms with Crippen LogP contribution in [-0.2, 0) is 25.2 Å². The van der Waals surface area contributed by atoms with Crippen molar-refractivity contribution < 1.29 is 4.90 Å². The van der Waals surface area contributed by atoms with E-state index < -0.39 is 0 Å². The minimum atomic E-state index is -0.152. The van der Waals surface area contributed by atoms with Crippen molar-refractivity contribution >= 4 is 11.6 Å². The molecule has 0 saturated heterocycles. The van der Waals surface area contributed by atoms with Crippen molar-refractivity contribution in [2.24, 2.45) is 0 Å². The van der Waals surface area contributed by atoms with Crippen LogP contribution in [0.25, 0.3) is 0 Å². The summed E-state index contributed by atoms with van der Waals surface area (Å²) in [5.41, 5.74) is 2.26. The second-order valence-corrected chi connectivity index (χ2v) is 7.94. The molecule has 0 spiro atoms. The molecule has 0 amide bonds. The minimum Gasteiger partial charge on any atom is -0.321 e. The first-order valence-corrected chi connectivity index (χ1v) is 9.20. The molecular formula is C20H25ClN5+. The molecule has 3 aromatic rings. The van der Waals surface area contributed by atoms with E-state index in [1.54, 1.807) is 0 Å². The highest BCUT2D eigenvalue weighted by molar-refractivity contribution is 6.31. The van der Waals surface area contributed by atoms with Gasteiger partial charge in [-0.15, -0.1) is 5.10 Å². The summed E-state index contributed by atoms with van der Waals surface area (Å²) in [6.45, 7) is 8.74. The second-order valence-electron chi connectivity index (χ2n) is 7.54. The minimum absolute atomic E-state index is 0.152. The van der Waals surface area contributed by atoms with E-state index >= 15 is 0 Å². The normalized spacial score (nSPS) is 12.9. The van der Waals surface area contributed by atoms with Crippen molar-refractivity contribution in [2.45, 2.75) is 45.9 Å². The number of quaternary nitrogens is 1. The Balaban J connectivity index is 1.86.